The molecular formula is C10H13N3O2S. The summed E-state index contributed by atoms with van der Waals surface area (Å²) >= 11 is 1.10. The molecule has 1 fully saturated rings. The predicted octanol–water partition coefficient (Wildman–Crippen LogP) is 0.914. The Balaban J connectivity index is 1.99. The zero-order chi connectivity index (χ0) is 11.5. The van der Waals surface area contributed by atoms with Crippen LogP contribution in [0, 0.1) is 0 Å². The van der Waals surface area contributed by atoms with Gasteiger partial charge in [-0.3, -0.25) is 9.59 Å². The van der Waals surface area contributed by atoms with E-state index in [2.05, 4.69) is 10.3 Å². The Hall–Kier alpha value is -1.43. The Kier molecular flexibility index (Phi) is 3.19. The monoisotopic (exact) mass is 239 g/mol. The third-order valence-corrected chi connectivity index (χ3v) is 3.49. The van der Waals surface area contributed by atoms with Crippen LogP contribution in [0.5, 0.6) is 0 Å². The van der Waals surface area contributed by atoms with Gasteiger partial charge in [-0.15, -0.1) is 11.3 Å². The molecule has 3 N–H and O–H groups in total. The van der Waals surface area contributed by atoms with Crippen LogP contribution in [0.1, 0.15) is 46.0 Å². The number of nitrogens with two attached hydrogens (primary N) is 1. The van der Waals surface area contributed by atoms with Crippen LogP contribution in [0.2, 0.25) is 0 Å². The maximum atomic E-state index is 11.7. The molecule has 16 heavy (non-hydrogen) atoms. The van der Waals surface area contributed by atoms with E-state index in [0.29, 0.717) is 0 Å². The molecule has 0 spiro atoms. The van der Waals surface area contributed by atoms with E-state index in [1.807, 2.05) is 0 Å². The first kappa shape index (κ1) is 11.1. The van der Waals surface area contributed by atoms with Gasteiger partial charge >= 0.3 is 0 Å². The maximum absolute atomic E-state index is 11.7. The second kappa shape index (κ2) is 4.61. The first-order valence-corrected chi connectivity index (χ1v) is 6.11. The highest BCUT2D eigenvalue weighted by atomic mass is 32.1. The molecule has 1 aromatic heterocycles. The van der Waals surface area contributed by atoms with E-state index in [4.69, 9.17) is 5.73 Å². The van der Waals surface area contributed by atoms with Gasteiger partial charge < -0.3 is 11.1 Å². The summed E-state index contributed by atoms with van der Waals surface area (Å²) in [5.41, 5.74) is 5.35. The topological polar surface area (TPSA) is 85.1 Å². The number of rotatable bonds is 3. The Labute approximate surface area is 97.1 Å². The molecule has 86 valence electrons. The van der Waals surface area contributed by atoms with Crippen LogP contribution in [0.4, 0.5) is 0 Å². The van der Waals surface area contributed by atoms with E-state index in [-0.39, 0.29) is 22.7 Å². The fourth-order valence-corrected chi connectivity index (χ4v) is 2.47. The summed E-state index contributed by atoms with van der Waals surface area (Å²) in [6.45, 7) is 0. The van der Waals surface area contributed by atoms with Crippen LogP contribution >= 0.6 is 11.3 Å². The van der Waals surface area contributed by atoms with E-state index in [0.717, 1.165) is 37.0 Å². The van der Waals surface area contributed by atoms with Gasteiger partial charge in [0.15, 0.2) is 5.01 Å². The van der Waals surface area contributed by atoms with Crippen molar-refractivity contribution in [3.8, 4) is 0 Å². The van der Waals surface area contributed by atoms with E-state index in [9.17, 15) is 9.59 Å². The molecule has 6 heteroatoms. The lowest BCUT2D eigenvalue weighted by molar-refractivity contribution is 0.0933. The minimum atomic E-state index is -0.593. The molecule has 0 radical (unpaired) electrons. The van der Waals surface area contributed by atoms with Gasteiger partial charge in [-0.25, -0.2) is 4.98 Å². The van der Waals surface area contributed by atoms with Crippen LogP contribution < -0.4 is 11.1 Å². The van der Waals surface area contributed by atoms with Crippen molar-refractivity contribution >= 4 is 23.2 Å². The minimum Gasteiger partial charge on any atom is -0.364 e. The molecule has 0 unspecified atom stereocenters. The molecule has 1 aliphatic rings. The molecule has 5 nitrogen and oxygen atoms in total. The second-order valence-corrected chi connectivity index (χ2v) is 4.72. The van der Waals surface area contributed by atoms with Gasteiger partial charge in [-0.05, 0) is 12.8 Å². The molecule has 1 heterocycles. The van der Waals surface area contributed by atoms with Gasteiger partial charge in [-0.1, -0.05) is 12.8 Å². The van der Waals surface area contributed by atoms with Crippen LogP contribution in [0.25, 0.3) is 0 Å². The fraction of sp³-hybridized carbons (Fsp3) is 0.500. The normalized spacial score (nSPS) is 16.2. The van der Waals surface area contributed by atoms with Crippen molar-refractivity contribution in [2.24, 2.45) is 5.73 Å². The van der Waals surface area contributed by atoms with Gasteiger partial charge in [-0.2, -0.15) is 0 Å². The summed E-state index contributed by atoms with van der Waals surface area (Å²) in [5.74, 6) is -0.805. The molecule has 1 saturated carbocycles. The molecule has 1 aliphatic carbocycles. The highest BCUT2D eigenvalue weighted by molar-refractivity contribution is 7.11. The van der Waals surface area contributed by atoms with Crippen molar-refractivity contribution in [1.82, 2.24) is 10.3 Å². The van der Waals surface area contributed by atoms with Gasteiger partial charge in [0.1, 0.15) is 5.69 Å². The Bertz CT molecular complexity index is 410. The van der Waals surface area contributed by atoms with Crippen molar-refractivity contribution in [2.75, 3.05) is 0 Å². The van der Waals surface area contributed by atoms with Gasteiger partial charge in [0.05, 0.1) is 0 Å². The summed E-state index contributed by atoms with van der Waals surface area (Å²) < 4.78 is 0. The Morgan fingerprint density at radius 3 is 2.69 bits per heavy atom. The summed E-state index contributed by atoms with van der Waals surface area (Å²) in [7, 11) is 0. The number of carbonyl (C=O) groups excluding carboxylic acids is 2. The average molecular weight is 239 g/mol. The van der Waals surface area contributed by atoms with E-state index in [1.54, 1.807) is 5.38 Å². The van der Waals surface area contributed by atoms with Crippen molar-refractivity contribution in [1.29, 1.82) is 0 Å². The first-order valence-electron chi connectivity index (χ1n) is 5.23. The van der Waals surface area contributed by atoms with E-state index in [1.165, 1.54) is 0 Å². The van der Waals surface area contributed by atoms with Crippen molar-refractivity contribution in [3.05, 3.63) is 16.1 Å². The lowest BCUT2D eigenvalue weighted by Gasteiger charge is -2.09. The Morgan fingerprint density at radius 2 is 2.12 bits per heavy atom. The zero-order valence-corrected chi connectivity index (χ0v) is 9.55. The number of carbonyl (C=O) groups is 2. The molecule has 0 aromatic carbocycles. The average Bonchev–Trinajstić information content (AvgIpc) is 2.86. The quantitative estimate of drug-likeness (QED) is 0.822. The van der Waals surface area contributed by atoms with E-state index < -0.39 is 5.91 Å². The number of amides is 2. The van der Waals surface area contributed by atoms with Crippen LogP contribution in [-0.2, 0) is 0 Å². The van der Waals surface area contributed by atoms with Crippen LogP contribution in [0.3, 0.4) is 0 Å². The molecule has 0 aliphatic heterocycles. The third kappa shape index (κ3) is 2.38. The first-order chi connectivity index (χ1) is 7.66. The highest BCUT2D eigenvalue weighted by Crippen LogP contribution is 2.18. The standard InChI is InChI=1S/C10H13N3O2S/c11-8(14)10-13-7(5-16-10)9(15)12-6-3-1-2-4-6/h5-6H,1-4H2,(H2,11,14)(H,12,15). The third-order valence-electron chi connectivity index (χ3n) is 2.64. The number of aromatic nitrogens is 1. The largest absolute Gasteiger partial charge is 0.364 e. The highest BCUT2D eigenvalue weighted by Gasteiger charge is 2.20. The Morgan fingerprint density at radius 1 is 1.44 bits per heavy atom. The van der Waals surface area contributed by atoms with Crippen molar-refractivity contribution in [2.45, 2.75) is 31.7 Å². The molecular weight excluding hydrogens is 226 g/mol. The van der Waals surface area contributed by atoms with Crippen molar-refractivity contribution in [3.63, 3.8) is 0 Å². The number of hydrogen-bond donors (Lipinski definition) is 2. The SMILES string of the molecule is NC(=O)c1nc(C(=O)NC2CCCC2)cs1. The number of nitrogens with zero attached hydrogens (tertiary/aromatic N) is 1. The fourth-order valence-electron chi connectivity index (χ4n) is 1.82. The van der Waals surface area contributed by atoms with Gasteiger partial charge in [0, 0.05) is 11.4 Å². The predicted molar refractivity (Wildman–Crippen MR) is 60.4 cm³/mol. The van der Waals surface area contributed by atoms with E-state index >= 15 is 0 Å². The summed E-state index contributed by atoms with van der Waals surface area (Å²) in [6.07, 6.45) is 4.38. The smallest absolute Gasteiger partial charge is 0.277 e. The van der Waals surface area contributed by atoms with Crippen LogP contribution in [0.15, 0.2) is 5.38 Å². The lowest BCUT2D eigenvalue weighted by atomic mass is 10.2. The lowest BCUT2D eigenvalue weighted by Crippen LogP contribution is -2.32. The zero-order valence-electron chi connectivity index (χ0n) is 8.73. The summed E-state index contributed by atoms with van der Waals surface area (Å²) in [5, 5.41) is 4.64. The molecule has 2 amide bonds. The number of thiazole rings is 1. The molecule has 0 saturated heterocycles. The second-order valence-electron chi connectivity index (χ2n) is 3.86. The molecule has 2 rings (SSSR count). The van der Waals surface area contributed by atoms with Gasteiger partial charge in [0.2, 0.25) is 0 Å². The molecule has 0 atom stereocenters. The maximum Gasteiger partial charge on any atom is 0.277 e. The molecule has 1 aromatic rings. The van der Waals surface area contributed by atoms with Crippen molar-refractivity contribution < 1.29 is 9.59 Å². The number of primary amides is 1. The van der Waals surface area contributed by atoms with Crippen LogP contribution in [-0.4, -0.2) is 22.8 Å². The summed E-state index contributed by atoms with van der Waals surface area (Å²) in [4.78, 5) is 26.4. The number of hydrogen-bond acceptors (Lipinski definition) is 4. The number of nitrogens with one attached hydrogen (secondary N) is 1. The van der Waals surface area contributed by atoms with Gasteiger partial charge in [0.25, 0.3) is 11.8 Å². The minimum absolute atomic E-state index is 0.177. The molecule has 0 bridgehead atoms. The summed E-state index contributed by atoms with van der Waals surface area (Å²) in [6, 6.07) is 0.256.